The summed E-state index contributed by atoms with van der Waals surface area (Å²) in [5, 5.41) is 3.18. The first-order chi connectivity index (χ1) is 11.7. The molecule has 1 atom stereocenters. The largest absolute Gasteiger partial charge is 0.497 e. The third-order valence-electron chi connectivity index (χ3n) is 5.30. The van der Waals surface area contributed by atoms with Crippen LogP contribution in [0.15, 0.2) is 18.2 Å². The Balaban J connectivity index is 1.59. The quantitative estimate of drug-likeness (QED) is 0.901. The Morgan fingerprint density at radius 2 is 1.92 bits per heavy atom. The van der Waals surface area contributed by atoms with Crippen molar-refractivity contribution in [3.8, 4) is 11.5 Å². The van der Waals surface area contributed by atoms with Gasteiger partial charge in [0.25, 0.3) is 5.91 Å². The van der Waals surface area contributed by atoms with Crippen LogP contribution in [0.2, 0.25) is 0 Å². The van der Waals surface area contributed by atoms with Crippen LogP contribution < -0.4 is 14.8 Å². The number of likely N-dealkylation sites (tertiary alicyclic amines) is 1. The number of hydrogen-bond acceptors (Lipinski definition) is 4. The lowest BCUT2D eigenvalue weighted by Crippen LogP contribution is -2.40. The van der Waals surface area contributed by atoms with Crippen molar-refractivity contribution < 1.29 is 14.3 Å². The molecule has 132 valence electrons. The number of carbonyl (C=O) groups excluding carboxylic acids is 1. The topological polar surface area (TPSA) is 50.8 Å². The van der Waals surface area contributed by atoms with Crippen molar-refractivity contribution in [2.45, 2.75) is 50.6 Å². The van der Waals surface area contributed by atoms with Crippen molar-refractivity contribution in [2.75, 3.05) is 27.3 Å². The lowest BCUT2D eigenvalue weighted by Gasteiger charge is -2.31. The van der Waals surface area contributed by atoms with E-state index in [-0.39, 0.29) is 11.9 Å². The Morgan fingerprint density at radius 1 is 1.12 bits per heavy atom. The Morgan fingerprint density at radius 3 is 2.62 bits per heavy atom. The van der Waals surface area contributed by atoms with Gasteiger partial charge in [0.15, 0.2) is 0 Å². The van der Waals surface area contributed by atoms with Gasteiger partial charge in [-0.25, -0.2) is 0 Å². The summed E-state index contributed by atoms with van der Waals surface area (Å²) in [6.45, 7) is 2.06. The molecule has 0 bridgehead atoms. The van der Waals surface area contributed by atoms with Gasteiger partial charge >= 0.3 is 0 Å². The van der Waals surface area contributed by atoms with Gasteiger partial charge in [0.05, 0.1) is 19.8 Å². The molecule has 2 fully saturated rings. The standard InChI is InChI=1S/C19H28N2O3/c1-23-16-8-9-17(18(12-16)24-2)19(22)20-14-10-11-21(13-14)15-6-4-3-5-7-15/h8-9,12,14-15H,3-7,10-11,13H2,1-2H3,(H,20,22). The number of ether oxygens (including phenoxy) is 2. The number of nitrogens with zero attached hydrogens (tertiary/aromatic N) is 1. The van der Waals surface area contributed by atoms with E-state index in [2.05, 4.69) is 10.2 Å². The van der Waals surface area contributed by atoms with Crippen LogP contribution in [0.3, 0.4) is 0 Å². The van der Waals surface area contributed by atoms with Crippen molar-refractivity contribution in [1.29, 1.82) is 0 Å². The van der Waals surface area contributed by atoms with Crippen molar-refractivity contribution in [3.63, 3.8) is 0 Å². The first-order valence-corrected chi connectivity index (χ1v) is 8.98. The Kier molecular flexibility index (Phi) is 5.61. The second kappa shape index (κ2) is 7.88. The normalized spacial score (nSPS) is 22.3. The van der Waals surface area contributed by atoms with Gasteiger partial charge in [0.2, 0.25) is 0 Å². The van der Waals surface area contributed by atoms with Gasteiger partial charge in [-0.05, 0) is 31.4 Å². The van der Waals surface area contributed by atoms with Crippen LogP contribution in [0.1, 0.15) is 48.9 Å². The molecule has 1 unspecified atom stereocenters. The third kappa shape index (κ3) is 3.83. The lowest BCUT2D eigenvalue weighted by atomic mass is 9.94. The molecule has 1 saturated carbocycles. The van der Waals surface area contributed by atoms with E-state index in [1.54, 1.807) is 32.4 Å². The van der Waals surface area contributed by atoms with E-state index in [1.165, 1.54) is 32.1 Å². The minimum Gasteiger partial charge on any atom is -0.497 e. The molecule has 1 aliphatic carbocycles. The molecule has 24 heavy (non-hydrogen) atoms. The van der Waals surface area contributed by atoms with Gasteiger partial charge in [-0.1, -0.05) is 19.3 Å². The lowest BCUT2D eigenvalue weighted by molar-refractivity contribution is 0.0931. The molecule has 0 spiro atoms. The maximum Gasteiger partial charge on any atom is 0.255 e. The Hall–Kier alpha value is -1.75. The van der Waals surface area contributed by atoms with Gasteiger partial charge in [0, 0.05) is 31.2 Å². The molecular formula is C19H28N2O3. The maximum absolute atomic E-state index is 12.6. The summed E-state index contributed by atoms with van der Waals surface area (Å²) in [4.78, 5) is 15.2. The molecular weight excluding hydrogens is 304 g/mol. The number of benzene rings is 1. The van der Waals surface area contributed by atoms with Crippen LogP contribution in [0, 0.1) is 0 Å². The molecule has 1 aromatic carbocycles. The van der Waals surface area contributed by atoms with Crippen molar-refractivity contribution in [2.24, 2.45) is 0 Å². The highest BCUT2D eigenvalue weighted by Crippen LogP contribution is 2.27. The number of rotatable bonds is 5. The first-order valence-electron chi connectivity index (χ1n) is 8.98. The van der Waals surface area contributed by atoms with Crippen molar-refractivity contribution in [3.05, 3.63) is 23.8 Å². The van der Waals surface area contributed by atoms with Gasteiger partial charge < -0.3 is 14.8 Å². The molecule has 0 aromatic heterocycles. The second-order valence-electron chi connectivity index (χ2n) is 6.81. The SMILES string of the molecule is COc1ccc(C(=O)NC2CCN(C3CCCCC3)C2)c(OC)c1. The number of amides is 1. The smallest absolute Gasteiger partial charge is 0.255 e. The molecule has 1 saturated heterocycles. The van der Waals surface area contributed by atoms with Gasteiger partial charge in [-0.2, -0.15) is 0 Å². The predicted molar refractivity (Wildman–Crippen MR) is 93.9 cm³/mol. The fraction of sp³-hybridized carbons (Fsp3) is 0.632. The number of methoxy groups -OCH3 is 2. The second-order valence-corrected chi connectivity index (χ2v) is 6.81. The highest BCUT2D eigenvalue weighted by molar-refractivity contribution is 5.97. The van der Waals surface area contributed by atoms with E-state index < -0.39 is 0 Å². The fourth-order valence-corrected chi connectivity index (χ4v) is 3.93. The van der Waals surface area contributed by atoms with E-state index in [1.807, 2.05) is 0 Å². The summed E-state index contributed by atoms with van der Waals surface area (Å²) in [5.74, 6) is 1.17. The zero-order valence-electron chi connectivity index (χ0n) is 14.7. The zero-order valence-corrected chi connectivity index (χ0v) is 14.7. The Bertz CT molecular complexity index is 570. The number of hydrogen-bond donors (Lipinski definition) is 1. The summed E-state index contributed by atoms with van der Waals surface area (Å²) in [6.07, 6.45) is 7.73. The molecule has 0 radical (unpaired) electrons. The average molecular weight is 332 g/mol. The number of carbonyl (C=O) groups is 1. The van der Waals surface area contributed by atoms with E-state index >= 15 is 0 Å². The van der Waals surface area contributed by atoms with E-state index in [0.717, 1.165) is 25.6 Å². The highest BCUT2D eigenvalue weighted by Gasteiger charge is 2.30. The van der Waals surface area contributed by atoms with Gasteiger partial charge in [0.1, 0.15) is 11.5 Å². The molecule has 1 aromatic rings. The molecule has 5 nitrogen and oxygen atoms in total. The van der Waals surface area contributed by atoms with E-state index in [0.29, 0.717) is 17.1 Å². The monoisotopic (exact) mass is 332 g/mol. The van der Waals surface area contributed by atoms with Crippen LogP contribution in [-0.4, -0.2) is 50.2 Å². The van der Waals surface area contributed by atoms with Crippen LogP contribution in [0.25, 0.3) is 0 Å². The summed E-state index contributed by atoms with van der Waals surface area (Å²) >= 11 is 0. The molecule has 2 aliphatic rings. The molecule has 5 heteroatoms. The Labute approximate surface area is 144 Å². The predicted octanol–water partition coefficient (Wildman–Crippen LogP) is 2.84. The summed E-state index contributed by atoms with van der Waals surface area (Å²) in [7, 11) is 3.18. The molecule has 1 aliphatic heterocycles. The molecule has 1 amide bonds. The highest BCUT2D eigenvalue weighted by atomic mass is 16.5. The summed E-state index contributed by atoms with van der Waals surface area (Å²) < 4.78 is 10.5. The zero-order chi connectivity index (χ0) is 16.9. The van der Waals surface area contributed by atoms with Crippen molar-refractivity contribution in [1.82, 2.24) is 10.2 Å². The molecule has 3 rings (SSSR count). The van der Waals surface area contributed by atoms with Crippen molar-refractivity contribution >= 4 is 5.91 Å². The maximum atomic E-state index is 12.6. The minimum atomic E-state index is -0.0648. The van der Waals surface area contributed by atoms with Crippen LogP contribution >= 0.6 is 0 Å². The number of nitrogens with one attached hydrogen (secondary N) is 1. The van der Waals surface area contributed by atoms with Crippen LogP contribution in [-0.2, 0) is 0 Å². The molecule has 1 N–H and O–H groups in total. The first kappa shape index (κ1) is 17.1. The van der Waals surface area contributed by atoms with Crippen LogP contribution in [0.4, 0.5) is 0 Å². The van der Waals surface area contributed by atoms with E-state index in [9.17, 15) is 4.79 Å². The third-order valence-corrected chi connectivity index (χ3v) is 5.30. The molecule has 1 heterocycles. The summed E-state index contributed by atoms with van der Waals surface area (Å²) in [5.41, 5.74) is 0.564. The average Bonchev–Trinajstić information content (AvgIpc) is 3.10. The summed E-state index contributed by atoms with van der Waals surface area (Å²) in [6, 6.07) is 6.25. The van der Waals surface area contributed by atoms with Gasteiger partial charge in [-0.15, -0.1) is 0 Å². The van der Waals surface area contributed by atoms with E-state index in [4.69, 9.17) is 9.47 Å². The minimum absolute atomic E-state index is 0.0648. The van der Waals surface area contributed by atoms with Crippen LogP contribution in [0.5, 0.6) is 11.5 Å². The van der Waals surface area contributed by atoms with Gasteiger partial charge in [-0.3, -0.25) is 9.69 Å². The fourth-order valence-electron chi connectivity index (χ4n) is 3.93.